The maximum Gasteiger partial charge on any atom is 0.274 e. The summed E-state index contributed by atoms with van der Waals surface area (Å²) in [7, 11) is 0. The van der Waals surface area contributed by atoms with Gasteiger partial charge in [-0.15, -0.1) is 0 Å². The highest BCUT2D eigenvalue weighted by atomic mass is 16.5. The Kier molecular flexibility index (Phi) is 6.80. The second-order valence-electron chi connectivity index (χ2n) is 7.43. The first-order valence-corrected chi connectivity index (χ1v) is 11.2. The number of carbonyl (C=O) groups excluding carboxylic acids is 1. The zero-order valence-electron chi connectivity index (χ0n) is 18.9. The number of rotatable bonds is 8. The van der Waals surface area contributed by atoms with E-state index in [0.29, 0.717) is 55.7 Å². The number of benzene rings is 1. The number of aromatic nitrogens is 2. The molecule has 0 radical (unpaired) electrons. The van der Waals surface area contributed by atoms with Gasteiger partial charge in [-0.25, -0.2) is 4.98 Å². The molecule has 0 bridgehead atoms. The highest BCUT2D eigenvalue weighted by Gasteiger charge is 2.23. The number of anilines is 2. The van der Waals surface area contributed by atoms with Crippen LogP contribution in [0.4, 0.5) is 11.4 Å². The molecule has 1 saturated heterocycles. The van der Waals surface area contributed by atoms with Crippen molar-refractivity contribution < 1.29 is 19.0 Å². The van der Waals surface area contributed by atoms with Gasteiger partial charge in [0.15, 0.2) is 0 Å². The number of aryl methyl sites for hydroxylation is 1. The number of hydrogen-bond acceptors (Lipinski definition) is 6. The Morgan fingerprint density at radius 1 is 1.09 bits per heavy atom. The molecule has 1 amide bonds. The average molecular weight is 439 g/mol. The van der Waals surface area contributed by atoms with Crippen LogP contribution in [0.25, 0.3) is 5.65 Å². The van der Waals surface area contributed by atoms with E-state index in [4.69, 9.17) is 14.2 Å². The smallest absolute Gasteiger partial charge is 0.274 e. The third-order valence-electron chi connectivity index (χ3n) is 5.41. The van der Waals surface area contributed by atoms with Gasteiger partial charge in [0.2, 0.25) is 0 Å². The maximum absolute atomic E-state index is 13.4. The number of hydrogen-bond donors (Lipinski definition) is 1. The van der Waals surface area contributed by atoms with Crippen molar-refractivity contribution in [3.63, 3.8) is 0 Å². The van der Waals surface area contributed by atoms with Gasteiger partial charge in [-0.1, -0.05) is 13.0 Å². The minimum atomic E-state index is -0.233. The molecule has 1 fully saturated rings. The summed E-state index contributed by atoms with van der Waals surface area (Å²) >= 11 is 0. The lowest BCUT2D eigenvalue weighted by Crippen LogP contribution is -2.36. The molecule has 0 aliphatic carbocycles. The highest BCUT2D eigenvalue weighted by Crippen LogP contribution is 2.39. The molecule has 3 aromatic rings. The standard InChI is InChI=1S/C24H30N4O4/c1-4-17-23(28-10-8-7-9-22(28)25-17)24(29)26-18-15-21(32-6-3)19(16-20(18)31-5-2)27-11-13-30-14-12-27/h7-10,15-16H,4-6,11-14H2,1-3H3,(H,26,29). The van der Waals surface area contributed by atoms with Gasteiger partial charge in [-0.2, -0.15) is 0 Å². The molecule has 4 rings (SSSR count). The number of carbonyl (C=O) groups is 1. The summed E-state index contributed by atoms with van der Waals surface area (Å²) in [4.78, 5) is 20.2. The van der Waals surface area contributed by atoms with Crippen LogP contribution in [0.15, 0.2) is 36.5 Å². The first-order valence-electron chi connectivity index (χ1n) is 11.2. The van der Waals surface area contributed by atoms with Crippen LogP contribution in [0.2, 0.25) is 0 Å². The first kappa shape index (κ1) is 22.0. The number of nitrogens with zero attached hydrogens (tertiary/aromatic N) is 3. The van der Waals surface area contributed by atoms with Gasteiger partial charge in [0, 0.05) is 31.4 Å². The third-order valence-corrected chi connectivity index (χ3v) is 5.41. The van der Waals surface area contributed by atoms with Crippen molar-refractivity contribution >= 4 is 22.9 Å². The Morgan fingerprint density at radius 2 is 1.84 bits per heavy atom. The fourth-order valence-corrected chi connectivity index (χ4v) is 3.96. The number of fused-ring (bicyclic) bond motifs is 1. The van der Waals surface area contributed by atoms with E-state index in [1.54, 1.807) is 0 Å². The molecule has 1 aliphatic heterocycles. The Bertz CT molecular complexity index is 1090. The topological polar surface area (TPSA) is 77.3 Å². The lowest BCUT2D eigenvalue weighted by Gasteiger charge is -2.31. The summed E-state index contributed by atoms with van der Waals surface area (Å²) in [5.74, 6) is 1.09. The van der Waals surface area contributed by atoms with Gasteiger partial charge < -0.3 is 24.4 Å². The van der Waals surface area contributed by atoms with Gasteiger partial charge in [-0.05, 0) is 32.4 Å². The minimum Gasteiger partial charge on any atom is -0.492 e. The van der Waals surface area contributed by atoms with Crippen molar-refractivity contribution in [3.8, 4) is 11.5 Å². The molecule has 170 valence electrons. The number of pyridine rings is 1. The molecule has 8 nitrogen and oxygen atoms in total. The fraction of sp³-hybridized carbons (Fsp3) is 0.417. The van der Waals surface area contributed by atoms with Crippen LogP contribution in [0.5, 0.6) is 11.5 Å². The van der Waals surface area contributed by atoms with Gasteiger partial charge in [0.05, 0.1) is 43.5 Å². The summed E-state index contributed by atoms with van der Waals surface area (Å²) in [5, 5.41) is 3.05. The van der Waals surface area contributed by atoms with Crippen LogP contribution in [0.1, 0.15) is 37.0 Å². The lowest BCUT2D eigenvalue weighted by atomic mass is 10.2. The van der Waals surface area contributed by atoms with E-state index < -0.39 is 0 Å². The van der Waals surface area contributed by atoms with E-state index in [1.165, 1.54) is 0 Å². The average Bonchev–Trinajstić information content (AvgIpc) is 3.20. The maximum atomic E-state index is 13.4. The molecule has 1 aliphatic rings. The van der Waals surface area contributed by atoms with E-state index in [2.05, 4.69) is 15.2 Å². The quantitative estimate of drug-likeness (QED) is 0.577. The Balaban J connectivity index is 1.72. The van der Waals surface area contributed by atoms with E-state index in [9.17, 15) is 4.79 Å². The molecule has 3 heterocycles. The zero-order valence-corrected chi connectivity index (χ0v) is 18.9. The number of nitrogens with one attached hydrogen (secondary N) is 1. The lowest BCUT2D eigenvalue weighted by molar-refractivity contribution is 0.102. The van der Waals surface area contributed by atoms with Crippen molar-refractivity contribution in [1.82, 2.24) is 9.38 Å². The predicted octanol–water partition coefficient (Wildman–Crippen LogP) is 3.78. The van der Waals surface area contributed by atoms with Gasteiger partial charge >= 0.3 is 0 Å². The summed E-state index contributed by atoms with van der Waals surface area (Å²) in [5.41, 5.74) is 3.55. The van der Waals surface area contributed by atoms with Crippen molar-refractivity contribution in [1.29, 1.82) is 0 Å². The molecular formula is C24H30N4O4. The van der Waals surface area contributed by atoms with Crippen molar-refractivity contribution in [2.24, 2.45) is 0 Å². The van der Waals surface area contributed by atoms with Crippen molar-refractivity contribution in [2.45, 2.75) is 27.2 Å². The van der Waals surface area contributed by atoms with E-state index >= 15 is 0 Å². The summed E-state index contributed by atoms with van der Waals surface area (Å²) in [6, 6.07) is 9.50. The molecule has 0 unspecified atom stereocenters. The SMILES string of the molecule is CCOc1cc(N2CCOCC2)c(OCC)cc1NC(=O)c1c(CC)nc2ccccn12. The van der Waals surface area contributed by atoms with E-state index in [0.717, 1.165) is 30.1 Å². The van der Waals surface area contributed by atoms with Crippen LogP contribution in [-0.2, 0) is 11.2 Å². The Labute approximate surface area is 188 Å². The third kappa shape index (κ3) is 4.36. The van der Waals surface area contributed by atoms with Gasteiger partial charge in [-0.3, -0.25) is 9.20 Å². The predicted molar refractivity (Wildman–Crippen MR) is 124 cm³/mol. The molecule has 0 saturated carbocycles. The second-order valence-corrected chi connectivity index (χ2v) is 7.43. The zero-order chi connectivity index (χ0) is 22.5. The van der Waals surface area contributed by atoms with Crippen molar-refractivity contribution in [2.75, 3.05) is 49.7 Å². The first-order chi connectivity index (χ1) is 15.7. The summed E-state index contributed by atoms with van der Waals surface area (Å²) < 4.78 is 19.2. The molecule has 1 N–H and O–H groups in total. The fourth-order valence-electron chi connectivity index (χ4n) is 3.96. The molecule has 2 aromatic heterocycles. The molecule has 8 heteroatoms. The number of ether oxygens (including phenoxy) is 3. The number of imidazole rings is 1. The summed E-state index contributed by atoms with van der Waals surface area (Å²) in [6.45, 7) is 9.76. The monoisotopic (exact) mass is 438 g/mol. The highest BCUT2D eigenvalue weighted by molar-refractivity contribution is 6.05. The Hall–Kier alpha value is -3.26. The van der Waals surface area contributed by atoms with E-state index in [-0.39, 0.29) is 5.91 Å². The van der Waals surface area contributed by atoms with Crippen LogP contribution in [-0.4, -0.2) is 54.8 Å². The molecule has 32 heavy (non-hydrogen) atoms. The van der Waals surface area contributed by atoms with Gasteiger partial charge in [0.1, 0.15) is 22.8 Å². The van der Waals surface area contributed by atoms with Crippen LogP contribution >= 0.6 is 0 Å². The molecule has 1 aromatic carbocycles. The number of amides is 1. The summed E-state index contributed by atoms with van der Waals surface area (Å²) in [6.07, 6.45) is 2.51. The molecule has 0 atom stereocenters. The van der Waals surface area contributed by atoms with Crippen LogP contribution in [0.3, 0.4) is 0 Å². The number of morpholine rings is 1. The van der Waals surface area contributed by atoms with E-state index in [1.807, 2.05) is 61.7 Å². The van der Waals surface area contributed by atoms with Gasteiger partial charge in [0.25, 0.3) is 5.91 Å². The normalized spacial score (nSPS) is 13.9. The second kappa shape index (κ2) is 9.91. The molecular weight excluding hydrogens is 408 g/mol. The Morgan fingerprint density at radius 3 is 2.56 bits per heavy atom. The molecule has 0 spiro atoms. The van der Waals surface area contributed by atoms with Crippen LogP contribution in [0, 0.1) is 0 Å². The largest absolute Gasteiger partial charge is 0.492 e. The van der Waals surface area contributed by atoms with Crippen molar-refractivity contribution in [3.05, 3.63) is 47.9 Å². The van der Waals surface area contributed by atoms with Crippen LogP contribution < -0.4 is 19.7 Å². The minimum absolute atomic E-state index is 0.233.